The Morgan fingerprint density at radius 3 is 2.21 bits per heavy atom. The number of nitrogens with zero attached hydrogens (tertiary/aromatic N) is 3. The van der Waals surface area contributed by atoms with Crippen LogP contribution in [0.4, 0.5) is 10.5 Å². The third-order valence-corrected chi connectivity index (χ3v) is 8.90. The van der Waals surface area contributed by atoms with Crippen molar-refractivity contribution in [3.63, 3.8) is 0 Å². The molecule has 1 unspecified atom stereocenters. The zero-order chi connectivity index (χ0) is 23.9. The van der Waals surface area contributed by atoms with E-state index in [-0.39, 0.29) is 22.9 Å². The third kappa shape index (κ3) is 4.30. The smallest absolute Gasteiger partial charge is 0.325 e. The maximum Gasteiger partial charge on any atom is 0.325 e. The molecule has 2 saturated carbocycles. The van der Waals surface area contributed by atoms with Crippen LogP contribution in [-0.2, 0) is 22.4 Å². The van der Waals surface area contributed by atoms with E-state index in [0.29, 0.717) is 12.5 Å². The van der Waals surface area contributed by atoms with Crippen molar-refractivity contribution in [2.75, 3.05) is 32.1 Å². The van der Waals surface area contributed by atoms with Crippen LogP contribution in [0.25, 0.3) is 0 Å². The molecule has 7 heteroatoms. The Hall–Kier alpha value is -2.22. The van der Waals surface area contributed by atoms with Gasteiger partial charge in [-0.2, -0.15) is 0 Å². The lowest BCUT2D eigenvalue weighted by Gasteiger charge is -2.51. The number of carbonyl (C=O) groups excluding carboxylic acids is 1. The van der Waals surface area contributed by atoms with E-state index in [0.717, 1.165) is 43.5 Å². The van der Waals surface area contributed by atoms with Gasteiger partial charge in [-0.05, 0) is 81.8 Å². The van der Waals surface area contributed by atoms with Gasteiger partial charge in [-0.25, -0.2) is 4.79 Å². The van der Waals surface area contributed by atoms with Crippen LogP contribution in [0, 0.1) is 5.92 Å². The third-order valence-electron chi connectivity index (χ3n) is 8.33. The molecule has 3 aliphatic rings. The number of carbonyl (C=O) groups is 1. The Labute approximate surface area is 205 Å². The zero-order valence-electron chi connectivity index (χ0n) is 20.1. The first-order chi connectivity index (χ1) is 16.3. The Morgan fingerprint density at radius 1 is 1.00 bits per heavy atom. The summed E-state index contributed by atoms with van der Waals surface area (Å²) >= 11 is -2.12. The zero-order valence-corrected chi connectivity index (χ0v) is 20.9. The predicted octanol–water partition coefficient (Wildman–Crippen LogP) is 4.49. The fourth-order valence-electron chi connectivity index (χ4n) is 6.04. The predicted molar refractivity (Wildman–Crippen MR) is 134 cm³/mol. The average Bonchev–Trinajstić information content (AvgIpc) is 3.62. The van der Waals surface area contributed by atoms with Crippen LogP contribution in [-0.4, -0.2) is 57.3 Å². The van der Waals surface area contributed by atoms with Gasteiger partial charge in [0.15, 0.2) is 0 Å². The highest BCUT2D eigenvalue weighted by molar-refractivity contribution is 7.78. The summed E-state index contributed by atoms with van der Waals surface area (Å²) in [5.41, 5.74) is 2.80. The molecular weight excluding hydrogens is 446 g/mol. The minimum absolute atomic E-state index is 0.00191. The van der Waals surface area contributed by atoms with Gasteiger partial charge in [-0.15, -0.1) is 0 Å². The first kappa shape index (κ1) is 23.5. The molecule has 34 heavy (non-hydrogen) atoms. The molecule has 0 aromatic heterocycles. The van der Waals surface area contributed by atoms with Gasteiger partial charge in [-0.3, -0.25) is 14.0 Å². The molecule has 0 N–H and O–H groups in total. The molecule has 2 aromatic carbocycles. The molecule has 1 atom stereocenters. The lowest BCUT2D eigenvalue weighted by atomic mass is 9.68. The molecule has 2 aliphatic carbocycles. The fourth-order valence-corrected chi connectivity index (χ4v) is 6.50. The van der Waals surface area contributed by atoms with E-state index in [1.807, 2.05) is 29.2 Å². The second kappa shape index (κ2) is 9.10. The van der Waals surface area contributed by atoms with Crippen molar-refractivity contribution in [2.24, 2.45) is 5.92 Å². The van der Waals surface area contributed by atoms with Gasteiger partial charge >= 0.3 is 6.03 Å². The van der Waals surface area contributed by atoms with Crippen molar-refractivity contribution in [2.45, 2.75) is 55.4 Å². The van der Waals surface area contributed by atoms with Crippen LogP contribution in [0.5, 0.6) is 0 Å². The van der Waals surface area contributed by atoms with E-state index in [1.165, 1.54) is 18.4 Å². The molecule has 1 heterocycles. The average molecular weight is 481 g/mol. The molecule has 5 rings (SSSR count). The largest absolute Gasteiger partial charge is 0.772 e. The van der Waals surface area contributed by atoms with Crippen molar-refractivity contribution in [1.29, 1.82) is 0 Å². The Bertz CT molecular complexity index is 1040. The summed E-state index contributed by atoms with van der Waals surface area (Å²) in [5.74, 6) is 0.628. The number of urea groups is 1. The summed E-state index contributed by atoms with van der Waals surface area (Å²) in [4.78, 5) is 20.2. The molecule has 6 nitrogen and oxygen atoms in total. The van der Waals surface area contributed by atoms with E-state index in [1.54, 1.807) is 0 Å². The maximum absolute atomic E-state index is 13.7. The van der Waals surface area contributed by atoms with Gasteiger partial charge in [0.25, 0.3) is 0 Å². The number of anilines is 1. The van der Waals surface area contributed by atoms with Crippen LogP contribution in [0.1, 0.15) is 49.7 Å². The standard InChI is InChI=1S/C27H35N3O3S/c1-28(2)27(23-6-4-3-5-7-23)16-14-26(15-17-27)20-29(25(31)30(26)18-21-8-9-21)24-12-10-22(11-13-24)19-34(32)33/h3-7,10-13,21H,8-9,14-20H2,1-2H3,(H,32,33)/p-1. The molecule has 3 fully saturated rings. The molecule has 1 aliphatic heterocycles. The topological polar surface area (TPSA) is 66.9 Å². The van der Waals surface area contributed by atoms with Crippen LogP contribution >= 0.6 is 0 Å². The lowest BCUT2D eigenvalue weighted by molar-refractivity contribution is 0.0249. The summed E-state index contributed by atoms with van der Waals surface area (Å²) in [5, 5.41) is 0. The second-order valence-electron chi connectivity index (χ2n) is 10.6. The van der Waals surface area contributed by atoms with Gasteiger partial charge in [0.2, 0.25) is 0 Å². The number of amides is 2. The van der Waals surface area contributed by atoms with Crippen LogP contribution < -0.4 is 4.90 Å². The molecule has 0 radical (unpaired) electrons. The van der Waals surface area contributed by atoms with Gasteiger partial charge in [-0.1, -0.05) is 53.5 Å². The Morgan fingerprint density at radius 2 is 1.65 bits per heavy atom. The molecule has 0 bridgehead atoms. The van der Waals surface area contributed by atoms with Crippen molar-refractivity contribution >= 4 is 22.8 Å². The van der Waals surface area contributed by atoms with E-state index in [9.17, 15) is 13.6 Å². The van der Waals surface area contributed by atoms with Crippen molar-refractivity contribution < 1.29 is 13.6 Å². The Kier molecular flexibility index (Phi) is 6.29. The second-order valence-corrected chi connectivity index (χ2v) is 11.4. The van der Waals surface area contributed by atoms with Gasteiger partial charge < -0.3 is 9.45 Å². The number of benzene rings is 2. The minimum Gasteiger partial charge on any atom is -0.772 e. The monoisotopic (exact) mass is 480 g/mol. The van der Waals surface area contributed by atoms with Gasteiger partial charge in [0, 0.05) is 23.5 Å². The highest BCUT2D eigenvalue weighted by atomic mass is 32.2. The summed E-state index contributed by atoms with van der Waals surface area (Å²) in [7, 11) is 4.35. The van der Waals surface area contributed by atoms with Crippen LogP contribution in [0.3, 0.4) is 0 Å². The quantitative estimate of drug-likeness (QED) is 0.548. The normalized spacial score (nSPS) is 28.2. The Balaban J connectivity index is 1.41. The molecule has 1 saturated heterocycles. The first-order valence-electron chi connectivity index (χ1n) is 12.3. The highest BCUT2D eigenvalue weighted by Crippen LogP contribution is 2.50. The van der Waals surface area contributed by atoms with Crippen LogP contribution in [0.2, 0.25) is 0 Å². The van der Waals surface area contributed by atoms with E-state index in [4.69, 9.17) is 0 Å². The fraction of sp³-hybridized carbons (Fsp3) is 0.519. The minimum atomic E-state index is -2.12. The molecule has 182 valence electrons. The van der Waals surface area contributed by atoms with E-state index >= 15 is 0 Å². The summed E-state index contributed by atoms with van der Waals surface area (Å²) in [6.45, 7) is 1.55. The number of hydrogen-bond acceptors (Lipinski definition) is 4. The van der Waals surface area contributed by atoms with E-state index < -0.39 is 11.1 Å². The summed E-state index contributed by atoms with van der Waals surface area (Å²) < 4.78 is 22.1. The summed E-state index contributed by atoms with van der Waals surface area (Å²) in [6, 6.07) is 18.3. The molecular formula is C27H34N3O3S-. The highest BCUT2D eigenvalue weighted by Gasteiger charge is 2.55. The number of rotatable bonds is 7. The van der Waals surface area contributed by atoms with Crippen molar-refractivity contribution in [1.82, 2.24) is 9.80 Å². The van der Waals surface area contributed by atoms with Crippen LogP contribution in [0.15, 0.2) is 54.6 Å². The molecule has 2 aromatic rings. The SMILES string of the molecule is CN(C)C1(c2ccccc2)CCC2(CC1)CN(c1ccc(CS(=O)[O-])cc1)C(=O)N2CC1CC1. The van der Waals surface area contributed by atoms with Gasteiger partial charge in [0.05, 0.1) is 12.1 Å². The maximum atomic E-state index is 13.7. The lowest BCUT2D eigenvalue weighted by Crippen LogP contribution is -2.55. The van der Waals surface area contributed by atoms with Crippen molar-refractivity contribution in [3.8, 4) is 0 Å². The summed E-state index contributed by atoms with van der Waals surface area (Å²) in [6.07, 6.45) is 6.41. The first-order valence-corrected chi connectivity index (χ1v) is 13.5. The van der Waals surface area contributed by atoms with E-state index in [2.05, 4.69) is 54.2 Å². The molecule has 1 spiro atoms. The van der Waals surface area contributed by atoms with Crippen molar-refractivity contribution in [3.05, 3.63) is 65.7 Å². The number of hydrogen-bond donors (Lipinski definition) is 0. The van der Waals surface area contributed by atoms with Gasteiger partial charge in [0.1, 0.15) is 0 Å². The molecule has 2 amide bonds.